The first kappa shape index (κ1) is 22.1. The van der Waals surface area contributed by atoms with Gasteiger partial charge in [-0.1, -0.05) is 41.9 Å². The molecule has 1 N–H and O–H groups in total. The van der Waals surface area contributed by atoms with Gasteiger partial charge in [-0.25, -0.2) is 4.39 Å². The fraction of sp³-hybridized carbons (Fsp3) is 0.273. The zero-order valence-corrected chi connectivity index (χ0v) is 18.3. The number of rotatable bonds is 7. The molecule has 0 atom stereocenters. The molecule has 0 unspecified atom stereocenters. The minimum absolute atomic E-state index is 0.0157. The van der Waals surface area contributed by atoms with Gasteiger partial charge in [0.1, 0.15) is 12.4 Å². The maximum Gasteiger partial charge on any atom is 0.303 e. The van der Waals surface area contributed by atoms with Crippen molar-refractivity contribution < 1.29 is 14.0 Å². The van der Waals surface area contributed by atoms with Crippen LogP contribution in [0, 0.1) is 12.4 Å². The van der Waals surface area contributed by atoms with Crippen LogP contribution in [0.15, 0.2) is 36.4 Å². The summed E-state index contributed by atoms with van der Waals surface area (Å²) in [7, 11) is 0. The van der Waals surface area contributed by atoms with Crippen LogP contribution in [0.1, 0.15) is 18.4 Å². The van der Waals surface area contributed by atoms with Crippen molar-refractivity contribution in [3.63, 3.8) is 0 Å². The van der Waals surface area contributed by atoms with Crippen LogP contribution in [0.25, 0.3) is 15.7 Å². The summed E-state index contributed by atoms with van der Waals surface area (Å²) in [6.45, 7) is 7.03. The summed E-state index contributed by atoms with van der Waals surface area (Å²) in [6, 6.07) is 9.57. The second-order valence-electron chi connectivity index (χ2n) is 7.50. The van der Waals surface area contributed by atoms with Crippen molar-refractivity contribution in [2.45, 2.75) is 32.0 Å². The summed E-state index contributed by atoms with van der Waals surface area (Å²) in [6.07, 6.45) is 1.62. The molecule has 32 heavy (non-hydrogen) atoms. The Morgan fingerprint density at radius 2 is 2.06 bits per heavy atom. The Morgan fingerprint density at radius 1 is 1.28 bits per heavy atom. The zero-order valence-electron chi connectivity index (χ0n) is 16.8. The zero-order chi connectivity index (χ0) is 22.8. The predicted octanol–water partition coefficient (Wildman–Crippen LogP) is 4.34. The fourth-order valence-corrected chi connectivity index (χ4v) is 3.82. The molecule has 0 radical (unpaired) electrons. The highest BCUT2D eigenvalue weighted by molar-refractivity contribution is 6.31. The normalized spacial score (nSPS) is 13.1. The van der Waals surface area contributed by atoms with Gasteiger partial charge in [-0.2, -0.15) is 4.68 Å². The topological polar surface area (TPSA) is 71.6 Å². The van der Waals surface area contributed by atoms with Crippen LogP contribution < -0.4 is 5.32 Å². The average molecular weight is 474 g/mol. The van der Waals surface area contributed by atoms with E-state index in [-0.39, 0.29) is 48.0 Å². The number of carbonyl (C=O) groups is 2. The molecule has 1 aliphatic carbocycles. The number of carbonyl (C=O) groups excluding carboxylic acids is 2. The van der Waals surface area contributed by atoms with Crippen LogP contribution >= 0.6 is 23.2 Å². The molecule has 7 nitrogen and oxygen atoms in total. The van der Waals surface area contributed by atoms with Gasteiger partial charge in [0.15, 0.2) is 0 Å². The minimum atomic E-state index is -0.578. The first-order chi connectivity index (χ1) is 15.4. The summed E-state index contributed by atoms with van der Waals surface area (Å²) in [5.74, 6) is -1.10. The number of nitrogens with zero attached hydrogens (tertiary/aromatic N) is 4. The Hall–Kier alpha value is -3.15. The second-order valence-corrected chi connectivity index (χ2v) is 8.34. The quantitative estimate of drug-likeness (QED) is 0.518. The Balaban J connectivity index is 1.45. The lowest BCUT2D eigenvalue weighted by Gasteiger charge is -2.21. The average Bonchev–Trinajstić information content (AvgIpc) is 3.55. The molecule has 2 amide bonds. The molecule has 10 heteroatoms. The molecule has 1 heterocycles. The van der Waals surface area contributed by atoms with Crippen molar-refractivity contribution in [3.8, 4) is 0 Å². The number of amides is 2. The molecule has 1 aliphatic rings. The van der Waals surface area contributed by atoms with Crippen molar-refractivity contribution in [1.82, 2.24) is 20.0 Å². The van der Waals surface area contributed by atoms with Gasteiger partial charge >= 0.3 is 5.82 Å². The molecule has 0 aliphatic heterocycles. The van der Waals surface area contributed by atoms with E-state index >= 15 is 0 Å². The first-order valence-electron chi connectivity index (χ1n) is 9.90. The minimum Gasteiger partial charge on any atom is -0.358 e. The molecule has 164 valence electrons. The molecule has 1 aromatic heterocycles. The molecule has 1 fully saturated rings. The maximum atomic E-state index is 14.0. The molecule has 4 rings (SSSR count). The standard InChI is InChI=1S/C22H18Cl2FN5O2/c1-26-22-16-9-14(23)5-8-18(16)30(28-22)12-20(32)29(15-6-7-15)11-19(31)27-10-13-3-2-4-17(24)21(13)25/h2-5,8-9,15H,6-7,10-12H2,(H,27,31). The van der Waals surface area contributed by atoms with Crippen molar-refractivity contribution in [2.75, 3.05) is 6.54 Å². The van der Waals surface area contributed by atoms with E-state index in [2.05, 4.69) is 15.3 Å². The summed E-state index contributed by atoms with van der Waals surface area (Å²) in [4.78, 5) is 30.4. The number of nitrogens with one attached hydrogen (secondary N) is 1. The van der Waals surface area contributed by atoms with E-state index in [0.717, 1.165) is 12.8 Å². The number of benzene rings is 2. The first-order valence-corrected chi connectivity index (χ1v) is 10.7. The highest BCUT2D eigenvalue weighted by Gasteiger charge is 2.34. The SMILES string of the molecule is [C-]#[N+]c1nn(CC(=O)N(CC(=O)NCc2cccc(Cl)c2F)C2CC2)c2ccc(Cl)cc12. The Kier molecular flexibility index (Phi) is 6.31. The van der Waals surface area contributed by atoms with Gasteiger partial charge in [-0.05, 0) is 42.2 Å². The fourth-order valence-electron chi connectivity index (χ4n) is 3.45. The molecular weight excluding hydrogens is 456 g/mol. The summed E-state index contributed by atoms with van der Waals surface area (Å²) in [5, 5.41) is 7.89. The van der Waals surface area contributed by atoms with Gasteiger partial charge < -0.3 is 15.1 Å². The molecule has 0 bridgehead atoms. The van der Waals surface area contributed by atoms with Crippen molar-refractivity contribution in [1.29, 1.82) is 0 Å². The van der Waals surface area contributed by atoms with Crippen LogP contribution in [-0.4, -0.2) is 39.1 Å². The van der Waals surface area contributed by atoms with Gasteiger partial charge in [0, 0.05) is 28.6 Å². The smallest absolute Gasteiger partial charge is 0.303 e. The summed E-state index contributed by atoms with van der Waals surface area (Å²) < 4.78 is 15.5. The Bertz CT molecular complexity index is 1250. The molecule has 2 aromatic carbocycles. The summed E-state index contributed by atoms with van der Waals surface area (Å²) >= 11 is 11.8. The maximum absolute atomic E-state index is 14.0. The van der Waals surface area contributed by atoms with E-state index in [9.17, 15) is 14.0 Å². The lowest BCUT2D eigenvalue weighted by Crippen LogP contribution is -2.43. The van der Waals surface area contributed by atoms with Crippen LogP contribution in [0.3, 0.4) is 0 Å². The molecule has 0 saturated heterocycles. The van der Waals surface area contributed by atoms with Gasteiger partial charge in [-0.3, -0.25) is 9.59 Å². The van der Waals surface area contributed by atoms with Crippen LogP contribution in [0.2, 0.25) is 10.0 Å². The van der Waals surface area contributed by atoms with Gasteiger partial charge in [-0.15, -0.1) is 0 Å². The lowest BCUT2D eigenvalue weighted by atomic mass is 10.2. The van der Waals surface area contributed by atoms with E-state index < -0.39 is 11.7 Å². The van der Waals surface area contributed by atoms with Gasteiger partial charge in [0.05, 0.1) is 17.1 Å². The third-order valence-electron chi connectivity index (χ3n) is 5.21. The summed E-state index contributed by atoms with van der Waals surface area (Å²) in [5.41, 5.74) is 0.883. The van der Waals surface area contributed by atoms with E-state index in [1.165, 1.54) is 21.7 Å². The van der Waals surface area contributed by atoms with Crippen molar-refractivity contribution in [2.24, 2.45) is 0 Å². The van der Waals surface area contributed by atoms with E-state index in [1.54, 1.807) is 24.3 Å². The van der Waals surface area contributed by atoms with Crippen molar-refractivity contribution >= 4 is 51.7 Å². The number of halogens is 3. The number of hydrogen-bond donors (Lipinski definition) is 1. The lowest BCUT2D eigenvalue weighted by molar-refractivity contribution is -0.137. The number of fused-ring (bicyclic) bond motifs is 1. The largest absolute Gasteiger partial charge is 0.358 e. The monoisotopic (exact) mass is 473 g/mol. The Labute approximate surface area is 193 Å². The third-order valence-corrected chi connectivity index (χ3v) is 5.74. The van der Waals surface area contributed by atoms with Crippen LogP contribution in [-0.2, 0) is 22.7 Å². The Morgan fingerprint density at radius 3 is 2.78 bits per heavy atom. The second kappa shape index (κ2) is 9.15. The van der Waals surface area contributed by atoms with Crippen LogP contribution in [0.5, 0.6) is 0 Å². The number of hydrogen-bond acceptors (Lipinski definition) is 3. The predicted molar refractivity (Wildman–Crippen MR) is 119 cm³/mol. The van der Waals surface area contributed by atoms with Crippen molar-refractivity contribution in [3.05, 3.63) is 69.2 Å². The van der Waals surface area contributed by atoms with E-state index in [1.807, 2.05) is 0 Å². The van der Waals surface area contributed by atoms with Gasteiger partial charge in [0.25, 0.3) is 0 Å². The molecule has 1 saturated carbocycles. The highest BCUT2D eigenvalue weighted by Crippen LogP contribution is 2.30. The third kappa shape index (κ3) is 4.69. The number of aromatic nitrogens is 2. The van der Waals surface area contributed by atoms with E-state index in [0.29, 0.717) is 15.9 Å². The molecular formula is C22H18Cl2FN5O2. The molecule has 0 spiro atoms. The highest BCUT2D eigenvalue weighted by atomic mass is 35.5. The van der Waals surface area contributed by atoms with Crippen LogP contribution in [0.4, 0.5) is 10.2 Å². The molecule has 3 aromatic rings. The van der Waals surface area contributed by atoms with Gasteiger partial charge in [0.2, 0.25) is 11.8 Å². The van der Waals surface area contributed by atoms with E-state index in [4.69, 9.17) is 29.8 Å².